The van der Waals surface area contributed by atoms with Crippen LogP contribution in [0.2, 0.25) is 0 Å². The van der Waals surface area contributed by atoms with E-state index in [9.17, 15) is 5.11 Å². The molecular formula is C16H25NO2. The fourth-order valence-electron chi connectivity index (χ4n) is 2.66. The van der Waals surface area contributed by atoms with Crippen molar-refractivity contribution in [2.24, 2.45) is 0 Å². The van der Waals surface area contributed by atoms with Crippen molar-refractivity contribution in [3.63, 3.8) is 0 Å². The van der Waals surface area contributed by atoms with Crippen LogP contribution in [0.3, 0.4) is 0 Å². The highest BCUT2D eigenvalue weighted by Crippen LogP contribution is 2.26. The van der Waals surface area contributed by atoms with Crippen LogP contribution in [0.5, 0.6) is 5.75 Å². The van der Waals surface area contributed by atoms with Crippen LogP contribution in [0.15, 0.2) is 18.2 Å². The van der Waals surface area contributed by atoms with E-state index in [-0.39, 0.29) is 12.6 Å². The standard InChI is InChI=1S/C16H25NO2/c1-12(2)17-15(11-18)8-9-19-16-7-6-13-4-3-5-14(13)10-16/h6-7,10,12,15,17-18H,3-5,8-9,11H2,1-2H3. The van der Waals surface area contributed by atoms with Crippen molar-refractivity contribution in [3.05, 3.63) is 29.3 Å². The number of hydrogen-bond acceptors (Lipinski definition) is 3. The second kappa shape index (κ2) is 6.92. The molecule has 0 bridgehead atoms. The first-order valence-electron chi connectivity index (χ1n) is 7.30. The maximum atomic E-state index is 9.28. The van der Waals surface area contributed by atoms with Crippen LogP contribution in [-0.4, -0.2) is 30.4 Å². The highest BCUT2D eigenvalue weighted by atomic mass is 16.5. The van der Waals surface area contributed by atoms with Gasteiger partial charge in [-0.1, -0.05) is 19.9 Å². The second-order valence-corrected chi connectivity index (χ2v) is 5.62. The van der Waals surface area contributed by atoms with Gasteiger partial charge in [0.05, 0.1) is 13.2 Å². The summed E-state index contributed by atoms with van der Waals surface area (Å²) in [6.07, 6.45) is 4.48. The minimum Gasteiger partial charge on any atom is -0.494 e. The lowest BCUT2D eigenvalue weighted by Gasteiger charge is -2.19. The van der Waals surface area contributed by atoms with Crippen molar-refractivity contribution in [3.8, 4) is 5.75 Å². The first-order valence-corrected chi connectivity index (χ1v) is 7.30. The molecule has 0 aliphatic heterocycles. The lowest BCUT2D eigenvalue weighted by molar-refractivity contribution is 0.202. The van der Waals surface area contributed by atoms with Crippen molar-refractivity contribution in [1.29, 1.82) is 0 Å². The molecule has 2 N–H and O–H groups in total. The Morgan fingerprint density at radius 3 is 2.79 bits per heavy atom. The molecule has 0 saturated carbocycles. The summed E-state index contributed by atoms with van der Waals surface area (Å²) < 4.78 is 5.79. The van der Waals surface area contributed by atoms with Gasteiger partial charge >= 0.3 is 0 Å². The van der Waals surface area contributed by atoms with Gasteiger partial charge in [-0.3, -0.25) is 0 Å². The summed E-state index contributed by atoms with van der Waals surface area (Å²) in [5.74, 6) is 0.960. The van der Waals surface area contributed by atoms with Crippen LogP contribution in [0.4, 0.5) is 0 Å². The number of ether oxygens (including phenoxy) is 1. The molecule has 1 unspecified atom stereocenters. The SMILES string of the molecule is CC(C)NC(CO)CCOc1ccc2c(c1)CCC2. The van der Waals surface area contributed by atoms with E-state index in [1.54, 1.807) is 0 Å². The Hall–Kier alpha value is -1.06. The number of aryl methyl sites for hydroxylation is 2. The van der Waals surface area contributed by atoms with Crippen LogP contribution < -0.4 is 10.1 Å². The number of nitrogens with one attached hydrogen (secondary N) is 1. The fraction of sp³-hybridized carbons (Fsp3) is 0.625. The van der Waals surface area contributed by atoms with Crippen LogP contribution in [0, 0.1) is 0 Å². The van der Waals surface area contributed by atoms with Gasteiger partial charge in [0.15, 0.2) is 0 Å². The van der Waals surface area contributed by atoms with Crippen LogP contribution in [0.25, 0.3) is 0 Å². The molecule has 3 heteroatoms. The number of rotatable bonds is 7. The molecular weight excluding hydrogens is 238 g/mol. The van der Waals surface area contributed by atoms with Crippen LogP contribution in [-0.2, 0) is 12.8 Å². The molecule has 1 aromatic carbocycles. The molecule has 1 aromatic rings. The summed E-state index contributed by atoms with van der Waals surface area (Å²) in [6.45, 7) is 4.98. The third-order valence-corrected chi connectivity index (χ3v) is 3.59. The normalized spacial score (nSPS) is 15.6. The monoisotopic (exact) mass is 263 g/mol. The quantitative estimate of drug-likeness (QED) is 0.793. The molecule has 1 aliphatic rings. The zero-order chi connectivity index (χ0) is 13.7. The molecule has 0 saturated heterocycles. The van der Waals surface area contributed by atoms with Gasteiger partial charge in [0.25, 0.3) is 0 Å². The molecule has 0 heterocycles. The largest absolute Gasteiger partial charge is 0.494 e. The zero-order valence-electron chi connectivity index (χ0n) is 12.0. The van der Waals surface area contributed by atoms with Crippen LogP contribution >= 0.6 is 0 Å². The van der Waals surface area contributed by atoms with Gasteiger partial charge in [0.2, 0.25) is 0 Å². The molecule has 0 aromatic heterocycles. The van der Waals surface area contributed by atoms with E-state index < -0.39 is 0 Å². The van der Waals surface area contributed by atoms with Crippen molar-refractivity contribution in [1.82, 2.24) is 5.32 Å². The number of hydrogen-bond donors (Lipinski definition) is 2. The minimum absolute atomic E-state index is 0.120. The van der Waals surface area contributed by atoms with Gasteiger partial charge in [0.1, 0.15) is 5.75 Å². The predicted molar refractivity (Wildman–Crippen MR) is 77.7 cm³/mol. The summed E-state index contributed by atoms with van der Waals surface area (Å²) in [7, 11) is 0. The van der Waals surface area contributed by atoms with Crippen molar-refractivity contribution in [2.45, 2.75) is 51.6 Å². The van der Waals surface area contributed by atoms with Crippen molar-refractivity contribution >= 4 is 0 Å². The molecule has 0 amide bonds. The Kier molecular flexibility index (Phi) is 5.23. The van der Waals surface area contributed by atoms with E-state index in [1.165, 1.54) is 30.4 Å². The van der Waals surface area contributed by atoms with Gasteiger partial charge in [-0.2, -0.15) is 0 Å². The first kappa shape index (κ1) is 14.4. The van der Waals surface area contributed by atoms with Crippen molar-refractivity contribution < 1.29 is 9.84 Å². The number of fused-ring (bicyclic) bond motifs is 1. The van der Waals surface area contributed by atoms with Crippen molar-refractivity contribution in [2.75, 3.05) is 13.2 Å². The fourth-order valence-corrected chi connectivity index (χ4v) is 2.66. The Balaban J connectivity index is 1.79. The van der Waals surface area contributed by atoms with Crippen LogP contribution in [0.1, 0.15) is 37.8 Å². The lowest BCUT2D eigenvalue weighted by Crippen LogP contribution is -2.38. The zero-order valence-corrected chi connectivity index (χ0v) is 12.0. The average Bonchev–Trinajstić information content (AvgIpc) is 2.84. The first-order chi connectivity index (χ1) is 9.19. The molecule has 0 fully saturated rings. The Bertz CT molecular complexity index is 404. The molecule has 2 rings (SSSR count). The van der Waals surface area contributed by atoms with E-state index in [2.05, 4.69) is 37.4 Å². The second-order valence-electron chi connectivity index (χ2n) is 5.62. The predicted octanol–water partition coefficient (Wildman–Crippen LogP) is 2.30. The van der Waals surface area contributed by atoms with E-state index in [0.29, 0.717) is 12.6 Å². The number of aliphatic hydroxyl groups excluding tert-OH is 1. The Morgan fingerprint density at radius 2 is 2.05 bits per heavy atom. The van der Waals surface area contributed by atoms with E-state index in [4.69, 9.17) is 4.74 Å². The van der Waals surface area contributed by atoms with E-state index >= 15 is 0 Å². The summed E-state index contributed by atoms with van der Waals surface area (Å²) in [6, 6.07) is 6.93. The smallest absolute Gasteiger partial charge is 0.119 e. The summed E-state index contributed by atoms with van der Waals surface area (Å²) in [5.41, 5.74) is 2.92. The molecule has 106 valence electrons. The third kappa shape index (κ3) is 4.22. The molecule has 1 atom stereocenters. The number of aliphatic hydroxyl groups is 1. The van der Waals surface area contributed by atoms with Gasteiger partial charge < -0.3 is 15.2 Å². The summed E-state index contributed by atoms with van der Waals surface area (Å²) >= 11 is 0. The maximum absolute atomic E-state index is 9.28. The summed E-state index contributed by atoms with van der Waals surface area (Å²) in [5, 5.41) is 12.6. The third-order valence-electron chi connectivity index (χ3n) is 3.59. The molecule has 19 heavy (non-hydrogen) atoms. The Morgan fingerprint density at radius 1 is 1.26 bits per heavy atom. The highest BCUT2D eigenvalue weighted by molar-refractivity contribution is 5.38. The highest BCUT2D eigenvalue weighted by Gasteiger charge is 2.12. The molecule has 0 radical (unpaired) electrons. The average molecular weight is 263 g/mol. The topological polar surface area (TPSA) is 41.5 Å². The number of benzene rings is 1. The Labute approximate surface area is 116 Å². The van der Waals surface area contributed by atoms with E-state index in [0.717, 1.165) is 12.2 Å². The maximum Gasteiger partial charge on any atom is 0.119 e. The van der Waals surface area contributed by atoms with Gasteiger partial charge in [-0.25, -0.2) is 0 Å². The van der Waals surface area contributed by atoms with Gasteiger partial charge in [-0.05, 0) is 48.9 Å². The van der Waals surface area contributed by atoms with Gasteiger partial charge in [0, 0.05) is 12.1 Å². The molecule has 3 nitrogen and oxygen atoms in total. The molecule has 1 aliphatic carbocycles. The van der Waals surface area contributed by atoms with Gasteiger partial charge in [-0.15, -0.1) is 0 Å². The van der Waals surface area contributed by atoms with E-state index in [1.807, 2.05) is 0 Å². The molecule has 0 spiro atoms. The minimum atomic E-state index is 0.120. The lowest BCUT2D eigenvalue weighted by atomic mass is 10.1. The summed E-state index contributed by atoms with van der Waals surface area (Å²) in [4.78, 5) is 0.